The fourth-order valence-electron chi connectivity index (χ4n) is 4.33. The lowest BCUT2D eigenvalue weighted by Crippen LogP contribution is -2.37. The molecule has 2 aromatic heterocycles. The molecule has 1 spiro atoms. The summed E-state index contributed by atoms with van der Waals surface area (Å²) >= 11 is 0. The van der Waals surface area contributed by atoms with Gasteiger partial charge in [-0.25, -0.2) is 9.78 Å². The van der Waals surface area contributed by atoms with Gasteiger partial charge in [0.1, 0.15) is 5.60 Å². The van der Waals surface area contributed by atoms with Crippen molar-refractivity contribution in [1.82, 2.24) is 24.6 Å². The van der Waals surface area contributed by atoms with Crippen LogP contribution in [0, 0.1) is 13.8 Å². The summed E-state index contributed by atoms with van der Waals surface area (Å²) in [4.78, 5) is 33.2. The van der Waals surface area contributed by atoms with Gasteiger partial charge in [-0.05, 0) is 32.8 Å². The van der Waals surface area contributed by atoms with Crippen molar-refractivity contribution in [3.63, 3.8) is 0 Å². The summed E-state index contributed by atoms with van der Waals surface area (Å²) in [6, 6.07) is 1.85. The molecule has 0 radical (unpaired) electrons. The number of ether oxygens (including phenoxy) is 1. The molecule has 2 aromatic rings. The molecule has 27 heavy (non-hydrogen) atoms. The Hall–Kier alpha value is -2.64. The van der Waals surface area contributed by atoms with Gasteiger partial charge in [0.25, 0.3) is 5.91 Å². The normalized spacial score (nSPS) is 23.2. The molecule has 0 N–H and O–H groups in total. The van der Waals surface area contributed by atoms with Crippen LogP contribution in [0.3, 0.4) is 0 Å². The molecule has 0 saturated carbocycles. The van der Waals surface area contributed by atoms with Gasteiger partial charge in [0.2, 0.25) is 0 Å². The number of aryl methyl sites for hydroxylation is 3. The zero-order chi connectivity index (χ0) is 19.3. The van der Waals surface area contributed by atoms with Crippen molar-refractivity contribution >= 4 is 23.0 Å². The summed E-state index contributed by atoms with van der Waals surface area (Å²) in [7, 11) is 3.60. The van der Waals surface area contributed by atoms with Crippen LogP contribution in [0.4, 0.5) is 4.79 Å². The topological polar surface area (TPSA) is 80.6 Å². The van der Waals surface area contributed by atoms with E-state index in [1.807, 2.05) is 31.9 Å². The van der Waals surface area contributed by atoms with Crippen LogP contribution < -0.4 is 0 Å². The van der Waals surface area contributed by atoms with Crippen molar-refractivity contribution in [3.8, 4) is 0 Å². The number of pyridine rings is 1. The molecule has 144 valence electrons. The maximum absolute atomic E-state index is 13.4. The van der Waals surface area contributed by atoms with E-state index in [0.29, 0.717) is 31.6 Å². The van der Waals surface area contributed by atoms with E-state index in [2.05, 4.69) is 10.1 Å². The monoisotopic (exact) mass is 371 g/mol. The molecule has 0 unspecified atom stereocenters. The van der Waals surface area contributed by atoms with E-state index in [-0.39, 0.29) is 12.0 Å². The van der Waals surface area contributed by atoms with Crippen LogP contribution in [0.2, 0.25) is 0 Å². The van der Waals surface area contributed by atoms with Gasteiger partial charge in [-0.2, -0.15) is 5.10 Å². The standard InChI is InChI=1S/C19H25N5O3/c1-12-10-14(15-13(2)21-23(4)16(15)20-12)17(25)24-8-5-6-19(7-9-24)11-22(3)18(26)27-19/h10H,5-9,11H2,1-4H3/t19-/m1/s1. The molecule has 0 bridgehead atoms. The Kier molecular flexibility index (Phi) is 4.09. The molecule has 0 aromatic carbocycles. The van der Waals surface area contributed by atoms with E-state index in [9.17, 15) is 9.59 Å². The highest BCUT2D eigenvalue weighted by Crippen LogP contribution is 2.33. The highest BCUT2D eigenvalue weighted by Gasteiger charge is 2.44. The van der Waals surface area contributed by atoms with Crippen molar-refractivity contribution in [2.45, 2.75) is 38.7 Å². The van der Waals surface area contributed by atoms with Crippen LogP contribution in [0.5, 0.6) is 0 Å². The van der Waals surface area contributed by atoms with Crippen LogP contribution in [0.1, 0.15) is 41.0 Å². The fourth-order valence-corrected chi connectivity index (χ4v) is 4.33. The van der Waals surface area contributed by atoms with Gasteiger partial charge in [-0.3, -0.25) is 9.48 Å². The Balaban J connectivity index is 1.63. The molecule has 2 fully saturated rings. The highest BCUT2D eigenvalue weighted by molar-refractivity contribution is 6.06. The van der Waals surface area contributed by atoms with Gasteiger partial charge >= 0.3 is 6.09 Å². The third kappa shape index (κ3) is 2.93. The predicted octanol–water partition coefficient (Wildman–Crippen LogP) is 2.03. The lowest BCUT2D eigenvalue weighted by molar-refractivity contribution is 0.0439. The number of likely N-dealkylation sites (tertiary alicyclic amines) is 1. The first-order valence-corrected chi connectivity index (χ1v) is 9.34. The van der Waals surface area contributed by atoms with Crippen LogP contribution in [0.15, 0.2) is 6.07 Å². The summed E-state index contributed by atoms with van der Waals surface area (Å²) < 4.78 is 7.38. The number of amides is 2. The minimum absolute atomic E-state index is 0.00340. The number of likely N-dealkylation sites (N-methyl/N-ethyl adjacent to an activating group) is 1. The smallest absolute Gasteiger partial charge is 0.410 e. The van der Waals surface area contributed by atoms with Crippen molar-refractivity contribution in [3.05, 3.63) is 23.0 Å². The number of nitrogens with zero attached hydrogens (tertiary/aromatic N) is 5. The van der Waals surface area contributed by atoms with E-state index in [4.69, 9.17) is 4.74 Å². The van der Waals surface area contributed by atoms with E-state index in [0.717, 1.165) is 35.3 Å². The number of hydrogen-bond donors (Lipinski definition) is 0. The van der Waals surface area contributed by atoms with E-state index in [1.54, 1.807) is 16.6 Å². The molecule has 4 rings (SSSR count). The van der Waals surface area contributed by atoms with Crippen LogP contribution >= 0.6 is 0 Å². The van der Waals surface area contributed by atoms with Crippen LogP contribution in [-0.4, -0.2) is 68.8 Å². The van der Waals surface area contributed by atoms with Crippen LogP contribution in [-0.2, 0) is 11.8 Å². The molecule has 2 aliphatic heterocycles. The van der Waals surface area contributed by atoms with Gasteiger partial charge in [0.15, 0.2) is 5.65 Å². The minimum Gasteiger partial charge on any atom is -0.441 e. The average Bonchev–Trinajstić information content (AvgIpc) is 2.95. The Morgan fingerprint density at radius 1 is 1.22 bits per heavy atom. The molecule has 2 saturated heterocycles. The molecule has 8 heteroatoms. The number of carbonyl (C=O) groups is 2. The second kappa shape index (κ2) is 6.21. The number of fused-ring (bicyclic) bond motifs is 1. The van der Waals surface area contributed by atoms with Gasteiger partial charge < -0.3 is 14.5 Å². The zero-order valence-electron chi connectivity index (χ0n) is 16.3. The Morgan fingerprint density at radius 2 is 2.00 bits per heavy atom. The summed E-state index contributed by atoms with van der Waals surface area (Å²) in [5.74, 6) is -0.00340. The van der Waals surface area contributed by atoms with Crippen molar-refractivity contribution in [2.24, 2.45) is 7.05 Å². The summed E-state index contributed by atoms with van der Waals surface area (Å²) in [6.07, 6.45) is 1.98. The fraction of sp³-hybridized carbons (Fsp3) is 0.579. The number of rotatable bonds is 1. The van der Waals surface area contributed by atoms with Crippen molar-refractivity contribution < 1.29 is 14.3 Å². The van der Waals surface area contributed by atoms with Gasteiger partial charge in [-0.15, -0.1) is 0 Å². The summed E-state index contributed by atoms with van der Waals surface area (Å²) in [5.41, 5.74) is 2.52. The molecule has 4 heterocycles. The van der Waals surface area contributed by atoms with E-state index in [1.165, 1.54) is 0 Å². The van der Waals surface area contributed by atoms with Crippen LogP contribution in [0.25, 0.3) is 11.0 Å². The minimum atomic E-state index is -0.464. The van der Waals surface area contributed by atoms with E-state index < -0.39 is 5.60 Å². The Bertz CT molecular complexity index is 937. The average molecular weight is 371 g/mol. The first-order chi connectivity index (χ1) is 12.8. The molecular formula is C19H25N5O3. The molecular weight excluding hydrogens is 346 g/mol. The largest absolute Gasteiger partial charge is 0.441 e. The first kappa shape index (κ1) is 17.8. The van der Waals surface area contributed by atoms with Gasteiger partial charge in [-0.1, -0.05) is 0 Å². The van der Waals surface area contributed by atoms with E-state index >= 15 is 0 Å². The third-order valence-electron chi connectivity index (χ3n) is 5.65. The lowest BCUT2D eigenvalue weighted by Gasteiger charge is -2.25. The quantitative estimate of drug-likeness (QED) is 0.766. The maximum atomic E-state index is 13.4. The van der Waals surface area contributed by atoms with Gasteiger partial charge in [0, 0.05) is 39.3 Å². The second-order valence-electron chi connectivity index (χ2n) is 7.77. The zero-order valence-corrected chi connectivity index (χ0v) is 16.3. The summed E-state index contributed by atoms with van der Waals surface area (Å²) in [5, 5.41) is 5.25. The number of carbonyl (C=O) groups excluding carboxylic acids is 2. The second-order valence-corrected chi connectivity index (χ2v) is 7.77. The van der Waals surface area contributed by atoms with Gasteiger partial charge in [0.05, 0.1) is 23.2 Å². The SMILES string of the molecule is Cc1cc(C(=O)N2CCC[C@@]3(CC2)CN(C)C(=O)O3)c2c(C)nn(C)c2n1. The molecule has 8 nitrogen and oxygen atoms in total. The predicted molar refractivity (Wildman–Crippen MR) is 99.6 cm³/mol. The number of aromatic nitrogens is 3. The van der Waals surface area contributed by atoms with Crippen molar-refractivity contribution in [1.29, 1.82) is 0 Å². The Morgan fingerprint density at radius 3 is 2.70 bits per heavy atom. The highest BCUT2D eigenvalue weighted by atomic mass is 16.6. The number of hydrogen-bond acceptors (Lipinski definition) is 5. The molecule has 2 amide bonds. The third-order valence-corrected chi connectivity index (χ3v) is 5.65. The molecule has 1 atom stereocenters. The van der Waals surface area contributed by atoms with Crippen molar-refractivity contribution in [2.75, 3.05) is 26.7 Å². The molecule has 2 aliphatic rings. The molecule has 0 aliphatic carbocycles. The maximum Gasteiger partial charge on any atom is 0.410 e. The Labute approximate surface area is 158 Å². The summed E-state index contributed by atoms with van der Waals surface area (Å²) in [6.45, 7) is 5.62. The lowest BCUT2D eigenvalue weighted by atomic mass is 9.95. The first-order valence-electron chi connectivity index (χ1n) is 9.34.